The SMILES string of the molecule is CCN(CC)CCNC(=O)CCC(C)C1CCC2C3CCC4CC(O)CCC4(C)C3CC(O)C12C. The number of hydrogen-bond acceptors (Lipinski definition) is 4. The van der Waals surface area contributed by atoms with Gasteiger partial charge in [-0.2, -0.15) is 0 Å². The van der Waals surface area contributed by atoms with Crippen LogP contribution >= 0.6 is 0 Å². The van der Waals surface area contributed by atoms with Crippen molar-refractivity contribution in [3.8, 4) is 0 Å². The minimum atomic E-state index is -0.242. The van der Waals surface area contributed by atoms with Crippen molar-refractivity contribution in [2.45, 2.75) is 111 Å². The first kappa shape index (κ1) is 27.4. The van der Waals surface area contributed by atoms with Crippen molar-refractivity contribution in [1.29, 1.82) is 0 Å². The Morgan fingerprint density at radius 2 is 1.77 bits per heavy atom. The maximum Gasteiger partial charge on any atom is 0.220 e. The molecular formula is C30H54N2O3. The van der Waals surface area contributed by atoms with Gasteiger partial charge in [0.2, 0.25) is 5.91 Å². The van der Waals surface area contributed by atoms with Gasteiger partial charge in [-0.3, -0.25) is 4.79 Å². The minimum Gasteiger partial charge on any atom is -0.393 e. The second-order valence-electron chi connectivity index (χ2n) is 13.3. The number of rotatable bonds is 9. The molecule has 4 aliphatic rings. The molecule has 0 aliphatic heterocycles. The van der Waals surface area contributed by atoms with Crippen LogP contribution in [0.5, 0.6) is 0 Å². The summed E-state index contributed by atoms with van der Waals surface area (Å²) >= 11 is 0. The van der Waals surface area contributed by atoms with Crippen molar-refractivity contribution in [2.75, 3.05) is 26.2 Å². The predicted octanol–water partition coefficient (Wildman–Crippen LogP) is 4.85. The van der Waals surface area contributed by atoms with Gasteiger partial charge >= 0.3 is 0 Å². The number of fused-ring (bicyclic) bond motifs is 5. The molecule has 4 aliphatic carbocycles. The zero-order chi connectivity index (χ0) is 25.4. The molecule has 10 unspecified atom stereocenters. The van der Waals surface area contributed by atoms with Crippen LogP contribution in [0.25, 0.3) is 0 Å². The molecule has 5 nitrogen and oxygen atoms in total. The predicted molar refractivity (Wildman–Crippen MR) is 142 cm³/mol. The van der Waals surface area contributed by atoms with E-state index >= 15 is 0 Å². The van der Waals surface area contributed by atoms with E-state index in [1.54, 1.807) is 0 Å². The van der Waals surface area contributed by atoms with E-state index in [0.29, 0.717) is 36.0 Å². The van der Waals surface area contributed by atoms with E-state index in [2.05, 4.69) is 44.8 Å². The summed E-state index contributed by atoms with van der Waals surface area (Å²) in [5.74, 6) is 3.70. The van der Waals surface area contributed by atoms with Crippen LogP contribution in [0, 0.1) is 46.3 Å². The van der Waals surface area contributed by atoms with Gasteiger partial charge in [0, 0.05) is 19.5 Å². The van der Waals surface area contributed by atoms with Crippen molar-refractivity contribution < 1.29 is 15.0 Å². The first-order valence-corrected chi connectivity index (χ1v) is 15.0. The standard InChI is InChI=1S/C30H54N2O3/c1-6-32(7-2)17-16-31-28(35)13-8-20(3)24-11-12-25-23-10-9-21-18-22(33)14-15-29(21,4)26(23)19-27(34)30(24,25)5/h20-27,33-34H,6-19H2,1-5H3,(H,31,35). The fraction of sp³-hybridized carbons (Fsp3) is 0.967. The Kier molecular flexibility index (Phi) is 8.60. The molecule has 1 amide bonds. The Morgan fingerprint density at radius 1 is 1.03 bits per heavy atom. The molecule has 0 heterocycles. The second-order valence-corrected chi connectivity index (χ2v) is 13.3. The van der Waals surface area contributed by atoms with E-state index < -0.39 is 0 Å². The summed E-state index contributed by atoms with van der Waals surface area (Å²) < 4.78 is 0. The van der Waals surface area contributed by atoms with Gasteiger partial charge in [0.25, 0.3) is 0 Å². The van der Waals surface area contributed by atoms with Crippen LogP contribution < -0.4 is 5.32 Å². The zero-order valence-corrected chi connectivity index (χ0v) is 23.3. The number of nitrogens with one attached hydrogen (secondary N) is 1. The Balaban J connectivity index is 1.36. The van der Waals surface area contributed by atoms with Crippen molar-refractivity contribution in [3.63, 3.8) is 0 Å². The van der Waals surface area contributed by atoms with Crippen molar-refractivity contribution in [1.82, 2.24) is 10.2 Å². The first-order valence-electron chi connectivity index (χ1n) is 15.0. The molecule has 0 aromatic heterocycles. The molecule has 0 radical (unpaired) electrons. The molecule has 3 N–H and O–H groups in total. The fourth-order valence-corrected chi connectivity index (χ4v) is 9.70. The summed E-state index contributed by atoms with van der Waals surface area (Å²) in [5.41, 5.74) is 0.272. The molecule has 4 fully saturated rings. The molecule has 10 atom stereocenters. The smallest absolute Gasteiger partial charge is 0.220 e. The number of aliphatic hydroxyl groups is 2. The summed E-state index contributed by atoms with van der Waals surface area (Å²) in [7, 11) is 0. The van der Waals surface area contributed by atoms with Crippen molar-refractivity contribution >= 4 is 5.91 Å². The Labute approximate surface area is 214 Å². The van der Waals surface area contributed by atoms with Crippen LogP contribution in [0.4, 0.5) is 0 Å². The van der Waals surface area contributed by atoms with Crippen molar-refractivity contribution in [2.24, 2.45) is 46.3 Å². The molecule has 202 valence electrons. The second kappa shape index (κ2) is 11.0. The molecule has 0 spiro atoms. The largest absolute Gasteiger partial charge is 0.393 e. The highest BCUT2D eigenvalue weighted by atomic mass is 16.3. The first-order chi connectivity index (χ1) is 16.6. The summed E-state index contributed by atoms with van der Waals surface area (Å²) in [6.45, 7) is 15.3. The molecule has 4 rings (SSSR count). The van der Waals surface area contributed by atoms with Crippen LogP contribution in [0.15, 0.2) is 0 Å². The molecule has 35 heavy (non-hydrogen) atoms. The number of likely N-dealkylation sites (N-methyl/N-ethyl adjacent to an activating group) is 1. The van der Waals surface area contributed by atoms with Crippen LogP contribution in [-0.4, -0.2) is 59.4 Å². The van der Waals surface area contributed by atoms with Crippen LogP contribution in [0.3, 0.4) is 0 Å². The van der Waals surface area contributed by atoms with Gasteiger partial charge in [-0.25, -0.2) is 0 Å². The lowest BCUT2D eigenvalue weighted by atomic mass is 9.43. The maximum atomic E-state index is 12.5. The van der Waals surface area contributed by atoms with E-state index in [-0.39, 0.29) is 28.9 Å². The maximum absolute atomic E-state index is 12.5. The highest BCUT2D eigenvalue weighted by Gasteiger charge is 2.63. The number of carbonyl (C=O) groups excluding carboxylic acids is 1. The van der Waals surface area contributed by atoms with Gasteiger partial charge in [0.05, 0.1) is 12.2 Å². The molecule has 4 saturated carbocycles. The topological polar surface area (TPSA) is 72.8 Å². The Hall–Kier alpha value is -0.650. The number of carbonyl (C=O) groups is 1. The van der Waals surface area contributed by atoms with E-state index in [9.17, 15) is 15.0 Å². The normalized spacial score (nSPS) is 43.8. The quantitative estimate of drug-likeness (QED) is 0.432. The van der Waals surface area contributed by atoms with Gasteiger partial charge < -0.3 is 20.4 Å². The van der Waals surface area contributed by atoms with Gasteiger partial charge in [-0.1, -0.05) is 34.6 Å². The summed E-state index contributed by atoms with van der Waals surface area (Å²) in [5, 5.41) is 25.1. The molecule has 0 saturated heterocycles. The molecule has 0 aromatic rings. The molecule has 5 heteroatoms. The van der Waals surface area contributed by atoms with Crippen LogP contribution in [0.1, 0.15) is 98.8 Å². The third-order valence-electron chi connectivity index (χ3n) is 12.0. The number of amides is 1. The van der Waals surface area contributed by atoms with Gasteiger partial charge in [-0.05, 0) is 117 Å². The minimum absolute atomic E-state index is 0.0167. The Morgan fingerprint density at radius 3 is 2.49 bits per heavy atom. The third-order valence-corrected chi connectivity index (χ3v) is 12.0. The van der Waals surface area contributed by atoms with Crippen molar-refractivity contribution in [3.05, 3.63) is 0 Å². The van der Waals surface area contributed by atoms with E-state index in [0.717, 1.165) is 64.2 Å². The highest BCUT2D eigenvalue weighted by Crippen LogP contribution is 2.68. The van der Waals surface area contributed by atoms with Gasteiger partial charge in [-0.15, -0.1) is 0 Å². The van der Waals surface area contributed by atoms with Crippen LogP contribution in [0.2, 0.25) is 0 Å². The average Bonchev–Trinajstić information content (AvgIpc) is 3.20. The lowest BCUT2D eigenvalue weighted by Crippen LogP contribution is -2.58. The average molecular weight is 491 g/mol. The number of hydrogen-bond donors (Lipinski definition) is 3. The fourth-order valence-electron chi connectivity index (χ4n) is 9.70. The Bertz CT molecular complexity index is 726. The van der Waals surface area contributed by atoms with Crippen LogP contribution in [-0.2, 0) is 4.79 Å². The highest BCUT2D eigenvalue weighted by molar-refractivity contribution is 5.75. The van der Waals surface area contributed by atoms with E-state index in [4.69, 9.17) is 0 Å². The monoisotopic (exact) mass is 490 g/mol. The lowest BCUT2D eigenvalue weighted by molar-refractivity contribution is -0.174. The zero-order valence-electron chi connectivity index (χ0n) is 23.3. The summed E-state index contributed by atoms with van der Waals surface area (Å²) in [6, 6.07) is 0. The summed E-state index contributed by atoms with van der Waals surface area (Å²) in [4.78, 5) is 14.9. The number of nitrogens with zero attached hydrogens (tertiary/aromatic N) is 1. The van der Waals surface area contributed by atoms with Gasteiger partial charge in [0.15, 0.2) is 0 Å². The van der Waals surface area contributed by atoms with E-state index in [1.807, 2.05) is 0 Å². The molecule has 0 bridgehead atoms. The van der Waals surface area contributed by atoms with E-state index in [1.165, 1.54) is 25.7 Å². The van der Waals surface area contributed by atoms with Gasteiger partial charge in [0.1, 0.15) is 0 Å². The molecular weight excluding hydrogens is 436 g/mol. The third kappa shape index (κ3) is 5.08. The lowest BCUT2D eigenvalue weighted by Gasteiger charge is -2.62. The number of aliphatic hydroxyl groups excluding tert-OH is 2. The molecule has 0 aromatic carbocycles. The summed E-state index contributed by atoms with van der Waals surface area (Å²) in [6.07, 6.45) is 10.1.